The second-order valence-corrected chi connectivity index (χ2v) is 4.56. The number of allylic oxidation sites excluding steroid dienone is 2. The van der Waals surface area contributed by atoms with Gasteiger partial charge in [-0.2, -0.15) is 0 Å². The molecule has 0 spiro atoms. The molecule has 0 aliphatic rings. The highest BCUT2D eigenvalue weighted by Crippen LogP contribution is 2.23. The lowest BCUT2D eigenvalue weighted by atomic mass is 10.0. The summed E-state index contributed by atoms with van der Waals surface area (Å²) < 4.78 is 0. The van der Waals surface area contributed by atoms with E-state index < -0.39 is 0 Å². The van der Waals surface area contributed by atoms with E-state index in [1.54, 1.807) is 12.1 Å². The van der Waals surface area contributed by atoms with Gasteiger partial charge >= 0.3 is 0 Å². The molecule has 1 rings (SSSR count). The maximum Gasteiger partial charge on any atom is 0.120 e. The van der Waals surface area contributed by atoms with Gasteiger partial charge in [0.05, 0.1) is 0 Å². The first-order valence-corrected chi connectivity index (χ1v) is 6.08. The van der Waals surface area contributed by atoms with E-state index in [0.717, 1.165) is 23.1 Å². The van der Waals surface area contributed by atoms with Crippen LogP contribution in [-0.2, 0) is 6.42 Å². The Morgan fingerprint density at radius 3 is 2.67 bits per heavy atom. The zero-order valence-corrected chi connectivity index (χ0v) is 11.4. The summed E-state index contributed by atoms with van der Waals surface area (Å²) in [6, 6.07) is 3.72. The lowest BCUT2D eigenvalue weighted by Gasteiger charge is -2.06. The largest absolute Gasteiger partial charge is 0.508 e. The lowest BCUT2D eigenvalue weighted by molar-refractivity contribution is 0.469. The highest BCUT2D eigenvalue weighted by molar-refractivity contribution is 5.56. The van der Waals surface area contributed by atoms with Gasteiger partial charge in [0.25, 0.3) is 0 Å². The van der Waals surface area contributed by atoms with Gasteiger partial charge in [0.2, 0.25) is 0 Å². The average molecular weight is 240 g/mol. The van der Waals surface area contributed by atoms with Crippen molar-refractivity contribution in [3.05, 3.63) is 47.1 Å². The molecule has 0 unspecified atom stereocenters. The van der Waals surface area contributed by atoms with Crippen LogP contribution in [0.2, 0.25) is 0 Å². The molecule has 0 saturated carbocycles. The third-order valence-electron chi connectivity index (χ3n) is 2.70. The fraction of sp³-hybridized carbons (Fsp3) is 0.294. The van der Waals surface area contributed by atoms with E-state index in [1.807, 2.05) is 13.0 Å². The number of hydrogen-bond donors (Lipinski definition) is 1. The Morgan fingerprint density at radius 1 is 1.33 bits per heavy atom. The highest BCUT2D eigenvalue weighted by Gasteiger charge is 2.03. The fourth-order valence-corrected chi connectivity index (χ4v) is 1.60. The van der Waals surface area contributed by atoms with Gasteiger partial charge in [-0.3, -0.25) is 0 Å². The van der Waals surface area contributed by atoms with Crippen molar-refractivity contribution in [1.29, 1.82) is 0 Å². The summed E-state index contributed by atoms with van der Waals surface area (Å²) >= 11 is 0. The summed E-state index contributed by atoms with van der Waals surface area (Å²) in [6.45, 7) is 9.84. The molecule has 0 bridgehead atoms. The van der Waals surface area contributed by atoms with Gasteiger partial charge in [0, 0.05) is 18.4 Å². The molecule has 0 aliphatic carbocycles. The molecule has 18 heavy (non-hydrogen) atoms. The number of hydrogen-bond acceptors (Lipinski definition) is 1. The van der Waals surface area contributed by atoms with Crippen LogP contribution in [0.25, 0.3) is 6.08 Å². The van der Waals surface area contributed by atoms with Crippen molar-refractivity contribution < 1.29 is 5.11 Å². The molecule has 0 radical (unpaired) electrons. The van der Waals surface area contributed by atoms with Crippen molar-refractivity contribution in [2.75, 3.05) is 0 Å². The van der Waals surface area contributed by atoms with Crippen molar-refractivity contribution >= 4 is 6.08 Å². The Kier molecular flexibility index (Phi) is 5.27. The van der Waals surface area contributed by atoms with Gasteiger partial charge in [-0.1, -0.05) is 36.1 Å². The van der Waals surface area contributed by atoms with Crippen LogP contribution in [0.4, 0.5) is 0 Å². The number of rotatable bonds is 3. The standard InChI is InChI=1S/C17H20O/c1-5-15-12-16(17(18)11-14(15)4)10-8-6-7-9-13(2)3/h5,9,11-12,18H,1,7,10H2,2-4H3. The maximum atomic E-state index is 9.84. The molecule has 1 aromatic rings. The highest BCUT2D eigenvalue weighted by atomic mass is 16.3. The van der Waals surface area contributed by atoms with Crippen LogP contribution in [0.5, 0.6) is 5.75 Å². The maximum absolute atomic E-state index is 9.84. The smallest absolute Gasteiger partial charge is 0.120 e. The first kappa shape index (κ1) is 14.1. The molecule has 0 fully saturated rings. The summed E-state index contributed by atoms with van der Waals surface area (Å²) in [6.07, 6.45) is 5.23. The minimum absolute atomic E-state index is 0.314. The molecular formula is C17H20O. The monoisotopic (exact) mass is 240 g/mol. The molecule has 0 aliphatic heterocycles. The van der Waals surface area contributed by atoms with Crippen molar-refractivity contribution in [2.45, 2.75) is 33.6 Å². The average Bonchev–Trinajstić information content (AvgIpc) is 2.30. The SMILES string of the molecule is C=Cc1cc(CC#CCC=C(C)C)c(O)cc1C. The topological polar surface area (TPSA) is 20.2 Å². The van der Waals surface area contributed by atoms with Crippen LogP contribution < -0.4 is 0 Å². The number of aryl methyl sites for hydroxylation is 1. The Labute approximate surface area is 110 Å². The summed E-state index contributed by atoms with van der Waals surface area (Å²) in [5.41, 5.74) is 4.22. The third-order valence-corrected chi connectivity index (χ3v) is 2.70. The van der Waals surface area contributed by atoms with Crippen molar-refractivity contribution in [3.8, 4) is 17.6 Å². The first-order valence-electron chi connectivity index (χ1n) is 6.08. The molecule has 0 amide bonds. The molecule has 0 heterocycles. The van der Waals surface area contributed by atoms with Crippen LogP contribution in [0.15, 0.2) is 30.4 Å². The molecule has 0 aromatic heterocycles. The Bertz CT molecular complexity index is 521. The van der Waals surface area contributed by atoms with Gasteiger partial charge in [-0.05, 0) is 44.0 Å². The van der Waals surface area contributed by atoms with E-state index in [-0.39, 0.29) is 0 Å². The first-order chi connectivity index (χ1) is 8.54. The second kappa shape index (κ2) is 6.71. The zero-order chi connectivity index (χ0) is 13.5. The van der Waals surface area contributed by atoms with Crippen molar-refractivity contribution in [2.24, 2.45) is 0 Å². The van der Waals surface area contributed by atoms with E-state index in [1.165, 1.54) is 5.57 Å². The number of phenols is 1. The van der Waals surface area contributed by atoms with Gasteiger partial charge in [-0.15, -0.1) is 0 Å². The van der Waals surface area contributed by atoms with Crippen molar-refractivity contribution in [1.82, 2.24) is 0 Å². The quantitative estimate of drug-likeness (QED) is 0.618. The summed E-state index contributed by atoms with van der Waals surface area (Å²) in [5.74, 6) is 6.48. The van der Waals surface area contributed by atoms with Gasteiger partial charge < -0.3 is 5.11 Å². The molecular weight excluding hydrogens is 220 g/mol. The van der Waals surface area contributed by atoms with Gasteiger partial charge in [0.1, 0.15) is 5.75 Å². The van der Waals surface area contributed by atoms with E-state index in [4.69, 9.17) is 0 Å². The van der Waals surface area contributed by atoms with Crippen LogP contribution in [-0.4, -0.2) is 5.11 Å². The van der Waals surface area contributed by atoms with E-state index in [9.17, 15) is 5.11 Å². The predicted molar refractivity (Wildman–Crippen MR) is 78.5 cm³/mol. The Balaban J connectivity index is 2.79. The van der Waals surface area contributed by atoms with E-state index in [2.05, 4.69) is 38.3 Å². The zero-order valence-electron chi connectivity index (χ0n) is 11.4. The minimum Gasteiger partial charge on any atom is -0.508 e. The Hall–Kier alpha value is -1.94. The predicted octanol–water partition coefficient (Wildman–Crippen LogP) is 4.25. The molecule has 0 atom stereocenters. The fourth-order valence-electron chi connectivity index (χ4n) is 1.60. The normalized spacial score (nSPS) is 9.28. The van der Waals surface area contributed by atoms with Gasteiger partial charge in [-0.25, -0.2) is 0 Å². The molecule has 1 heteroatoms. The lowest BCUT2D eigenvalue weighted by Crippen LogP contribution is -1.88. The van der Waals surface area contributed by atoms with Crippen LogP contribution in [0, 0.1) is 18.8 Å². The van der Waals surface area contributed by atoms with Crippen LogP contribution in [0.1, 0.15) is 37.0 Å². The van der Waals surface area contributed by atoms with Crippen LogP contribution in [0.3, 0.4) is 0 Å². The van der Waals surface area contributed by atoms with Crippen molar-refractivity contribution in [3.63, 3.8) is 0 Å². The summed E-state index contributed by atoms with van der Waals surface area (Å²) in [7, 11) is 0. The molecule has 94 valence electrons. The summed E-state index contributed by atoms with van der Waals surface area (Å²) in [5, 5.41) is 9.84. The third kappa shape index (κ3) is 4.14. The van der Waals surface area contributed by atoms with E-state index >= 15 is 0 Å². The summed E-state index contributed by atoms with van der Waals surface area (Å²) in [4.78, 5) is 0. The van der Waals surface area contributed by atoms with Gasteiger partial charge in [0.15, 0.2) is 0 Å². The molecule has 1 nitrogen and oxygen atoms in total. The molecule has 1 N–H and O–H groups in total. The van der Waals surface area contributed by atoms with Crippen LogP contribution >= 0.6 is 0 Å². The van der Waals surface area contributed by atoms with E-state index in [0.29, 0.717) is 12.2 Å². The molecule has 1 aromatic carbocycles. The second-order valence-electron chi connectivity index (χ2n) is 4.56. The molecule has 0 saturated heterocycles. The number of phenolic OH excluding ortho intramolecular Hbond substituents is 1. The number of benzene rings is 1. The Morgan fingerprint density at radius 2 is 2.06 bits per heavy atom. The number of aromatic hydroxyl groups is 1. The minimum atomic E-state index is 0.314.